The van der Waals surface area contributed by atoms with Crippen molar-refractivity contribution >= 4 is 46.5 Å². The van der Waals surface area contributed by atoms with E-state index in [9.17, 15) is 4.39 Å². The van der Waals surface area contributed by atoms with Crippen LogP contribution in [-0.4, -0.2) is 4.98 Å². The molecular formula is C21H21Cl2FN2. The molecule has 5 heteroatoms. The molecule has 1 heterocycles. The Morgan fingerprint density at radius 1 is 0.923 bits per heavy atom. The SMILES string of the molecule is CC(NCc1cc2cc(F)ccc2[nH]1)c1cccc2ccccc12.Cl.Cl. The topological polar surface area (TPSA) is 27.8 Å². The molecule has 0 aliphatic heterocycles. The molecule has 1 unspecified atom stereocenters. The second-order valence-corrected chi connectivity index (χ2v) is 6.20. The van der Waals surface area contributed by atoms with Crippen LogP contribution in [0.5, 0.6) is 0 Å². The van der Waals surface area contributed by atoms with Gasteiger partial charge in [0.05, 0.1) is 0 Å². The first-order valence-corrected chi connectivity index (χ1v) is 8.19. The lowest BCUT2D eigenvalue weighted by molar-refractivity contribution is 0.573. The van der Waals surface area contributed by atoms with Crippen molar-refractivity contribution in [2.75, 3.05) is 0 Å². The normalized spacial score (nSPS) is 11.8. The van der Waals surface area contributed by atoms with Gasteiger partial charge in [0.15, 0.2) is 0 Å². The molecule has 1 aromatic heterocycles. The van der Waals surface area contributed by atoms with Gasteiger partial charge >= 0.3 is 0 Å². The minimum absolute atomic E-state index is 0. The van der Waals surface area contributed by atoms with Gasteiger partial charge in [-0.15, -0.1) is 24.8 Å². The summed E-state index contributed by atoms with van der Waals surface area (Å²) in [6.45, 7) is 2.88. The van der Waals surface area contributed by atoms with Gasteiger partial charge in [-0.2, -0.15) is 0 Å². The van der Waals surface area contributed by atoms with Crippen LogP contribution < -0.4 is 5.32 Å². The first kappa shape index (κ1) is 20.2. The molecule has 0 amide bonds. The van der Waals surface area contributed by atoms with E-state index in [-0.39, 0.29) is 36.7 Å². The van der Waals surface area contributed by atoms with Gasteiger partial charge in [0.2, 0.25) is 0 Å². The van der Waals surface area contributed by atoms with Gasteiger partial charge in [-0.1, -0.05) is 42.5 Å². The molecule has 0 saturated carbocycles. The number of hydrogen-bond donors (Lipinski definition) is 2. The Morgan fingerprint density at radius 2 is 1.69 bits per heavy atom. The summed E-state index contributed by atoms with van der Waals surface area (Å²) < 4.78 is 13.3. The zero-order chi connectivity index (χ0) is 16.5. The summed E-state index contributed by atoms with van der Waals surface area (Å²) in [6, 6.07) is 21.9. The van der Waals surface area contributed by atoms with Gasteiger partial charge in [0.25, 0.3) is 0 Å². The number of aromatic amines is 1. The van der Waals surface area contributed by atoms with Crippen molar-refractivity contribution in [1.29, 1.82) is 0 Å². The van der Waals surface area contributed by atoms with Crippen molar-refractivity contribution in [3.63, 3.8) is 0 Å². The smallest absolute Gasteiger partial charge is 0.123 e. The van der Waals surface area contributed by atoms with Crippen LogP contribution in [0.25, 0.3) is 21.7 Å². The van der Waals surface area contributed by atoms with E-state index in [0.717, 1.165) is 16.6 Å². The average Bonchev–Trinajstić information content (AvgIpc) is 3.01. The van der Waals surface area contributed by atoms with Gasteiger partial charge in [-0.05, 0) is 47.5 Å². The third kappa shape index (κ3) is 4.01. The minimum Gasteiger partial charge on any atom is -0.357 e. The molecule has 0 aliphatic rings. The maximum atomic E-state index is 13.3. The van der Waals surface area contributed by atoms with E-state index in [1.165, 1.54) is 22.4 Å². The van der Waals surface area contributed by atoms with Crippen molar-refractivity contribution in [2.24, 2.45) is 0 Å². The second-order valence-electron chi connectivity index (χ2n) is 6.20. The maximum absolute atomic E-state index is 13.3. The fraction of sp³-hybridized carbons (Fsp3) is 0.143. The van der Waals surface area contributed by atoms with Crippen LogP contribution in [0.15, 0.2) is 66.7 Å². The lowest BCUT2D eigenvalue weighted by Gasteiger charge is -2.16. The molecule has 26 heavy (non-hydrogen) atoms. The van der Waals surface area contributed by atoms with Gasteiger partial charge in [-0.25, -0.2) is 4.39 Å². The summed E-state index contributed by atoms with van der Waals surface area (Å²) in [6.07, 6.45) is 0. The fourth-order valence-corrected chi connectivity index (χ4v) is 3.26. The van der Waals surface area contributed by atoms with Gasteiger partial charge in [0.1, 0.15) is 5.82 Å². The summed E-state index contributed by atoms with van der Waals surface area (Å²) >= 11 is 0. The van der Waals surface area contributed by atoms with Crippen LogP contribution in [0.2, 0.25) is 0 Å². The van der Waals surface area contributed by atoms with Crippen LogP contribution in [0.1, 0.15) is 24.2 Å². The molecule has 3 aromatic carbocycles. The first-order chi connectivity index (χ1) is 11.7. The zero-order valence-electron chi connectivity index (χ0n) is 14.3. The van der Waals surface area contributed by atoms with E-state index in [0.29, 0.717) is 6.54 Å². The highest BCUT2D eigenvalue weighted by molar-refractivity contribution is 5.86. The Balaban J connectivity index is 0.00000121. The number of H-pyrrole nitrogens is 1. The number of aromatic nitrogens is 1. The number of benzene rings is 3. The van der Waals surface area contributed by atoms with E-state index in [1.54, 1.807) is 12.1 Å². The quantitative estimate of drug-likeness (QED) is 0.429. The van der Waals surface area contributed by atoms with Crippen molar-refractivity contribution in [3.8, 4) is 0 Å². The predicted octanol–water partition coefficient (Wildman–Crippen LogP) is 6.15. The minimum atomic E-state index is -0.204. The Kier molecular flexibility index (Phi) is 6.65. The molecule has 136 valence electrons. The van der Waals surface area contributed by atoms with Crippen LogP contribution in [-0.2, 0) is 6.54 Å². The number of rotatable bonds is 4. The van der Waals surface area contributed by atoms with Gasteiger partial charge < -0.3 is 10.3 Å². The lowest BCUT2D eigenvalue weighted by atomic mass is 10.00. The van der Waals surface area contributed by atoms with Crippen LogP contribution >= 0.6 is 24.8 Å². The highest BCUT2D eigenvalue weighted by atomic mass is 35.5. The Bertz CT molecular complexity index is 1010. The van der Waals surface area contributed by atoms with Crippen molar-refractivity contribution in [3.05, 3.63) is 83.8 Å². The number of fused-ring (bicyclic) bond motifs is 2. The van der Waals surface area contributed by atoms with Gasteiger partial charge in [-0.3, -0.25) is 0 Å². The largest absolute Gasteiger partial charge is 0.357 e. The zero-order valence-corrected chi connectivity index (χ0v) is 16.0. The summed E-state index contributed by atoms with van der Waals surface area (Å²) in [5.74, 6) is -0.204. The molecular weight excluding hydrogens is 370 g/mol. The third-order valence-electron chi connectivity index (χ3n) is 4.53. The van der Waals surface area contributed by atoms with Crippen LogP contribution in [0, 0.1) is 5.82 Å². The summed E-state index contributed by atoms with van der Waals surface area (Å²) in [4.78, 5) is 3.34. The third-order valence-corrected chi connectivity index (χ3v) is 4.53. The predicted molar refractivity (Wildman–Crippen MR) is 112 cm³/mol. The van der Waals surface area contributed by atoms with E-state index >= 15 is 0 Å². The Labute approximate surface area is 164 Å². The van der Waals surface area contributed by atoms with Crippen LogP contribution in [0.4, 0.5) is 4.39 Å². The lowest BCUT2D eigenvalue weighted by Crippen LogP contribution is -2.18. The van der Waals surface area contributed by atoms with Crippen molar-refractivity contribution < 1.29 is 4.39 Å². The molecule has 0 spiro atoms. The summed E-state index contributed by atoms with van der Waals surface area (Å²) in [7, 11) is 0. The molecule has 0 fully saturated rings. The number of nitrogens with one attached hydrogen (secondary N) is 2. The summed E-state index contributed by atoms with van der Waals surface area (Å²) in [5, 5.41) is 7.00. The molecule has 1 atom stereocenters. The highest BCUT2D eigenvalue weighted by Gasteiger charge is 2.09. The fourth-order valence-electron chi connectivity index (χ4n) is 3.26. The highest BCUT2D eigenvalue weighted by Crippen LogP contribution is 2.24. The Hall–Kier alpha value is -2.07. The maximum Gasteiger partial charge on any atom is 0.123 e. The monoisotopic (exact) mass is 390 g/mol. The second kappa shape index (κ2) is 8.54. The molecule has 2 N–H and O–H groups in total. The molecule has 4 rings (SSSR count). The van der Waals surface area contributed by atoms with Crippen molar-refractivity contribution in [2.45, 2.75) is 19.5 Å². The van der Waals surface area contributed by atoms with E-state index in [4.69, 9.17) is 0 Å². The molecule has 4 aromatic rings. The van der Waals surface area contributed by atoms with E-state index in [1.807, 2.05) is 6.07 Å². The molecule has 0 aliphatic carbocycles. The average molecular weight is 391 g/mol. The standard InChI is InChI=1S/C21H19FN2.2ClH/c1-14(19-8-4-6-15-5-2-3-7-20(15)19)23-13-18-12-16-11-17(22)9-10-21(16)24-18;;/h2-12,14,23-24H,13H2,1H3;2*1H. The van der Waals surface area contributed by atoms with E-state index in [2.05, 4.69) is 59.7 Å². The Morgan fingerprint density at radius 3 is 2.54 bits per heavy atom. The van der Waals surface area contributed by atoms with Crippen LogP contribution in [0.3, 0.4) is 0 Å². The van der Waals surface area contributed by atoms with Gasteiger partial charge in [0, 0.05) is 29.2 Å². The van der Waals surface area contributed by atoms with Crippen molar-refractivity contribution in [1.82, 2.24) is 10.3 Å². The van der Waals surface area contributed by atoms with E-state index < -0.39 is 0 Å². The number of halogens is 3. The molecule has 2 nitrogen and oxygen atoms in total. The molecule has 0 radical (unpaired) electrons. The molecule has 0 bridgehead atoms. The molecule has 0 saturated heterocycles. The summed E-state index contributed by atoms with van der Waals surface area (Å²) in [5.41, 5.74) is 3.31. The number of hydrogen-bond acceptors (Lipinski definition) is 1. The first-order valence-electron chi connectivity index (χ1n) is 8.19.